The summed E-state index contributed by atoms with van der Waals surface area (Å²) in [4.78, 5) is 19.7. The first kappa shape index (κ1) is 14.1. The number of nitrogens with zero attached hydrogens (tertiary/aromatic N) is 3. The van der Waals surface area contributed by atoms with E-state index in [4.69, 9.17) is 11.5 Å². The summed E-state index contributed by atoms with van der Waals surface area (Å²) >= 11 is 0. The molecular weight excluding hydrogens is 256 g/mol. The second-order valence-electron chi connectivity index (χ2n) is 4.62. The fourth-order valence-corrected chi connectivity index (χ4v) is 2.15. The highest BCUT2D eigenvalue weighted by Crippen LogP contribution is 2.17. The van der Waals surface area contributed by atoms with Gasteiger partial charge in [-0.3, -0.25) is 4.79 Å². The van der Waals surface area contributed by atoms with Crippen LogP contribution in [0.4, 0.5) is 11.5 Å². The third kappa shape index (κ3) is 3.39. The second kappa shape index (κ2) is 6.25. The van der Waals surface area contributed by atoms with E-state index >= 15 is 0 Å². The lowest BCUT2D eigenvalue weighted by molar-refractivity contribution is -0.129. The first-order chi connectivity index (χ1) is 9.60. The van der Waals surface area contributed by atoms with E-state index in [2.05, 4.69) is 21.8 Å². The Morgan fingerprint density at radius 3 is 2.55 bits per heavy atom. The Kier molecular flexibility index (Phi) is 4.41. The Labute approximate surface area is 118 Å². The van der Waals surface area contributed by atoms with E-state index in [9.17, 15) is 4.79 Å². The molecule has 20 heavy (non-hydrogen) atoms. The number of pyridine rings is 1. The Morgan fingerprint density at radius 1 is 1.35 bits per heavy atom. The second-order valence-corrected chi connectivity index (χ2v) is 4.62. The molecule has 2 rings (SSSR count). The molecule has 7 nitrogen and oxygen atoms in total. The van der Waals surface area contributed by atoms with Crippen LogP contribution in [0.1, 0.15) is 0 Å². The van der Waals surface area contributed by atoms with E-state index in [0.717, 1.165) is 18.8 Å². The Hall–Kier alpha value is -2.28. The zero-order chi connectivity index (χ0) is 14.5. The minimum absolute atomic E-state index is 0.00350. The van der Waals surface area contributed by atoms with Crippen LogP contribution in [0.25, 0.3) is 0 Å². The van der Waals surface area contributed by atoms with Crippen LogP contribution in [0.2, 0.25) is 0 Å². The molecular formula is C13H20N6O. The molecule has 0 atom stereocenters. The van der Waals surface area contributed by atoms with Gasteiger partial charge in [-0.1, -0.05) is 6.58 Å². The fraction of sp³-hybridized carbons (Fsp3) is 0.385. The highest BCUT2D eigenvalue weighted by atomic mass is 16.2. The highest BCUT2D eigenvalue weighted by molar-refractivity contribution is 5.78. The number of piperazine rings is 1. The van der Waals surface area contributed by atoms with Crippen LogP contribution >= 0.6 is 0 Å². The van der Waals surface area contributed by atoms with Gasteiger partial charge in [0.1, 0.15) is 5.82 Å². The first-order valence-electron chi connectivity index (χ1n) is 6.50. The average molecular weight is 276 g/mol. The monoisotopic (exact) mass is 276 g/mol. The van der Waals surface area contributed by atoms with Gasteiger partial charge in [-0.2, -0.15) is 0 Å². The molecule has 5 N–H and O–H groups in total. The fourth-order valence-electron chi connectivity index (χ4n) is 2.15. The van der Waals surface area contributed by atoms with E-state index < -0.39 is 0 Å². The highest BCUT2D eigenvalue weighted by Gasteiger charge is 2.20. The number of nitrogens with one attached hydrogen (secondary N) is 1. The molecule has 0 unspecified atom stereocenters. The van der Waals surface area contributed by atoms with Gasteiger partial charge < -0.3 is 26.6 Å². The van der Waals surface area contributed by atoms with Crippen LogP contribution in [0.5, 0.6) is 0 Å². The molecule has 2 heterocycles. The molecule has 0 bridgehead atoms. The van der Waals surface area contributed by atoms with Crippen molar-refractivity contribution in [3.8, 4) is 0 Å². The van der Waals surface area contributed by atoms with Gasteiger partial charge in [0.05, 0.1) is 24.2 Å². The summed E-state index contributed by atoms with van der Waals surface area (Å²) in [5.74, 6) is 1.03. The van der Waals surface area contributed by atoms with Gasteiger partial charge >= 0.3 is 0 Å². The largest absolute Gasteiger partial charge is 0.386 e. The van der Waals surface area contributed by atoms with E-state index in [1.54, 1.807) is 11.1 Å². The third-order valence-corrected chi connectivity index (χ3v) is 3.21. The summed E-state index contributed by atoms with van der Waals surface area (Å²) < 4.78 is 0. The van der Waals surface area contributed by atoms with Crippen molar-refractivity contribution in [1.82, 2.24) is 9.88 Å². The molecule has 7 heteroatoms. The number of amides is 1. The minimum Gasteiger partial charge on any atom is -0.386 e. The summed E-state index contributed by atoms with van der Waals surface area (Å²) in [6, 6.07) is 3.82. The molecule has 1 aliphatic rings. The van der Waals surface area contributed by atoms with Crippen molar-refractivity contribution < 1.29 is 4.79 Å². The van der Waals surface area contributed by atoms with Crippen LogP contribution in [0, 0.1) is 0 Å². The zero-order valence-electron chi connectivity index (χ0n) is 11.4. The molecule has 1 fully saturated rings. The number of carbonyl (C=O) groups excluding carboxylic acids is 1. The Bertz CT molecular complexity index is 478. The maximum Gasteiger partial charge on any atom is 0.236 e. The van der Waals surface area contributed by atoms with E-state index in [0.29, 0.717) is 24.7 Å². The number of carbonyl (C=O) groups is 1. The molecule has 1 aliphatic heterocycles. The zero-order valence-corrected chi connectivity index (χ0v) is 11.4. The van der Waals surface area contributed by atoms with E-state index in [1.807, 2.05) is 12.1 Å². The number of hydrogen-bond acceptors (Lipinski definition) is 6. The van der Waals surface area contributed by atoms with Crippen LogP contribution in [-0.4, -0.2) is 48.5 Å². The molecule has 0 saturated carbocycles. The van der Waals surface area contributed by atoms with Crippen molar-refractivity contribution in [1.29, 1.82) is 0 Å². The van der Waals surface area contributed by atoms with Crippen molar-refractivity contribution in [3.05, 3.63) is 30.7 Å². The predicted octanol–water partition coefficient (Wildman–Crippen LogP) is -0.469. The third-order valence-electron chi connectivity index (χ3n) is 3.21. The smallest absolute Gasteiger partial charge is 0.236 e. The molecule has 0 radical (unpaired) electrons. The molecule has 0 spiro atoms. The number of anilines is 2. The van der Waals surface area contributed by atoms with Crippen molar-refractivity contribution in [2.24, 2.45) is 11.5 Å². The van der Waals surface area contributed by atoms with Gasteiger partial charge in [0, 0.05) is 26.2 Å². The van der Waals surface area contributed by atoms with Gasteiger partial charge in [-0.25, -0.2) is 4.98 Å². The quantitative estimate of drug-likeness (QED) is 0.687. The minimum atomic E-state index is 0.00350. The van der Waals surface area contributed by atoms with Crippen LogP contribution in [0.15, 0.2) is 30.7 Å². The van der Waals surface area contributed by atoms with Crippen LogP contribution in [0.3, 0.4) is 0 Å². The van der Waals surface area contributed by atoms with Crippen molar-refractivity contribution in [3.63, 3.8) is 0 Å². The summed E-state index contributed by atoms with van der Waals surface area (Å²) in [5, 5.41) is 2.85. The van der Waals surface area contributed by atoms with Gasteiger partial charge in [0.15, 0.2) is 0 Å². The maximum atomic E-state index is 11.5. The predicted molar refractivity (Wildman–Crippen MR) is 79.0 cm³/mol. The molecule has 0 aromatic carbocycles. The molecule has 1 aromatic heterocycles. The Morgan fingerprint density at radius 2 is 2.05 bits per heavy atom. The molecule has 0 aliphatic carbocycles. The maximum absolute atomic E-state index is 11.5. The van der Waals surface area contributed by atoms with E-state index in [-0.39, 0.29) is 12.5 Å². The van der Waals surface area contributed by atoms with Crippen LogP contribution in [-0.2, 0) is 4.79 Å². The van der Waals surface area contributed by atoms with Gasteiger partial charge in [-0.05, 0) is 12.1 Å². The van der Waals surface area contributed by atoms with Gasteiger partial charge in [0.2, 0.25) is 5.91 Å². The van der Waals surface area contributed by atoms with Crippen molar-refractivity contribution in [2.45, 2.75) is 0 Å². The average Bonchev–Trinajstić information content (AvgIpc) is 2.47. The van der Waals surface area contributed by atoms with E-state index in [1.165, 1.54) is 0 Å². The number of hydrogen-bond donors (Lipinski definition) is 3. The SMILES string of the molecule is C=C(N)Nc1ccc(N2CCN(C(=O)CN)CC2)cn1. The Balaban J connectivity index is 1.93. The summed E-state index contributed by atoms with van der Waals surface area (Å²) in [5.41, 5.74) is 11.9. The summed E-state index contributed by atoms with van der Waals surface area (Å²) in [6.07, 6.45) is 1.78. The number of aromatic nitrogens is 1. The number of rotatable bonds is 4. The lowest BCUT2D eigenvalue weighted by atomic mass is 10.2. The van der Waals surface area contributed by atoms with Crippen molar-refractivity contribution in [2.75, 3.05) is 42.9 Å². The van der Waals surface area contributed by atoms with Crippen molar-refractivity contribution >= 4 is 17.4 Å². The standard InChI is InChI=1S/C13H20N6O/c1-10(15)17-12-3-2-11(9-16-12)18-4-6-19(7-5-18)13(20)8-14/h2-3,9H,1,4-8,14-15H2,(H,16,17). The molecule has 1 amide bonds. The normalized spacial score (nSPS) is 15.1. The molecule has 108 valence electrons. The summed E-state index contributed by atoms with van der Waals surface area (Å²) in [7, 11) is 0. The van der Waals surface area contributed by atoms with Gasteiger partial charge in [0.25, 0.3) is 0 Å². The lowest BCUT2D eigenvalue weighted by Gasteiger charge is -2.35. The van der Waals surface area contributed by atoms with Gasteiger partial charge in [-0.15, -0.1) is 0 Å². The van der Waals surface area contributed by atoms with Crippen LogP contribution < -0.4 is 21.7 Å². The topological polar surface area (TPSA) is 101 Å². The molecule has 1 aromatic rings. The lowest BCUT2D eigenvalue weighted by Crippen LogP contribution is -2.50. The molecule has 1 saturated heterocycles. The number of nitrogens with two attached hydrogens (primary N) is 2. The summed E-state index contributed by atoms with van der Waals surface area (Å²) in [6.45, 7) is 6.58. The first-order valence-corrected chi connectivity index (χ1v) is 6.50.